The van der Waals surface area contributed by atoms with Gasteiger partial charge in [0.05, 0.1) is 0 Å². The summed E-state index contributed by atoms with van der Waals surface area (Å²) in [6.45, 7) is 6.19. The van der Waals surface area contributed by atoms with Crippen molar-refractivity contribution in [3.63, 3.8) is 0 Å². The Morgan fingerprint density at radius 3 is 2.72 bits per heavy atom. The van der Waals surface area contributed by atoms with Crippen LogP contribution in [0.5, 0.6) is 0 Å². The Kier molecular flexibility index (Phi) is 6.87. The van der Waals surface area contributed by atoms with Crippen LogP contribution in [0, 0.1) is 11.8 Å². The Hall–Kier alpha value is -3.34. The number of likely N-dealkylation sites (tertiary alicyclic amines) is 1. The van der Waals surface area contributed by atoms with E-state index >= 15 is 0 Å². The zero-order valence-electron chi connectivity index (χ0n) is 19.0. The Bertz CT molecular complexity index is 999. The highest BCUT2D eigenvalue weighted by Gasteiger charge is 2.41. The first-order valence-electron chi connectivity index (χ1n) is 10.8. The highest BCUT2D eigenvalue weighted by Crippen LogP contribution is 2.30. The van der Waals surface area contributed by atoms with Crippen molar-refractivity contribution in [2.24, 2.45) is 0 Å². The average Bonchev–Trinajstić information content (AvgIpc) is 3.05. The van der Waals surface area contributed by atoms with Crippen LogP contribution in [0.2, 0.25) is 0 Å². The molecule has 0 spiro atoms. The Morgan fingerprint density at radius 1 is 1.25 bits per heavy atom. The molecular formula is C24H29N3O5. The molecule has 0 aromatic heterocycles. The second-order valence-electron chi connectivity index (χ2n) is 8.94. The van der Waals surface area contributed by atoms with Gasteiger partial charge in [-0.05, 0) is 51.3 Å². The predicted octanol–water partition coefficient (Wildman–Crippen LogP) is 2.45. The van der Waals surface area contributed by atoms with Gasteiger partial charge in [0.25, 0.3) is 11.8 Å². The van der Waals surface area contributed by atoms with Crippen molar-refractivity contribution in [2.75, 3.05) is 13.6 Å². The monoisotopic (exact) mass is 439 g/mol. The standard InChI is InChI=1S/C24H29N3O5/c1-24(2,3)32-23(31)25-14-7-5-6-9-16-10-8-11-17-18(16)15-27(21(17)29)19-12-13-20(28)26(4)22(19)30/h8,10-11,19H,5,7,12-15H2,1-4H3,(H,25,31). The van der Waals surface area contributed by atoms with Gasteiger partial charge in [-0.25, -0.2) is 4.79 Å². The number of nitrogens with one attached hydrogen (secondary N) is 1. The number of imide groups is 1. The molecule has 2 aliphatic rings. The maximum atomic E-state index is 12.9. The van der Waals surface area contributed by atoms with Gasteiger partial charge >= 0.3 is 6.09 Å². The fourth-order valence-electron chi connectivity index (χ4n) is 3.75. The SMILES string of the molecule is CN1C(=O)CCC(N2Cc3c(C#CCCCNC(=O)OC(C)(C)C)cccc3C2=O)C1=O. The second kappa shape index (κ2) is 9.43. The van der Waals surface area contributed by atoms with Crippen LogP contribution in [-0.2, 0) is 20.9 Å². The molecule has 1 fully saturated rings. The predicted molar refractivity (Wildman–Crippen MR) is 117 cm³/mol. The molecule has 1 atom stereocenters. The summed E-state index contributed by atoms with van der Waals surface area (Å²) in [5, 5.41) is 2.70. The Balaban J connectivity index is 1.59. The lowest BCUT2D eigenvalue weighted by molar-refractivity contribution is -0.150. The minimum atomic E-state index is -0.627. The van der Waals surface area contributed by atoms with Gasteiger partial charge in [0.1, 0.15) is 11.6 Å². The fourth-order valence-corrected chi connectivity index (χ4v) is 3.75. The number of hydrogen-bond donors (Lipinski definition) is 1. The van der Waals surface area contributed by atoms with Gasteiger partial charge in [-0.15, -0.1) is 0 Å². The molecule has 1 aromatic rings. The van der Waals surface area contributed by atoms with Crippen molar-refractivity contribution >= 4 is 23.8 Å². The number of hydrogen-bond acceptors (Lipinski definition) is 5. The summed E-state index contributed by atoms with van der Waals surface area (Å²) >= 11 is 0. The van der Waals surface area contributed by atoms with Crippen molar-refractivity contribution in [1.29, 1.82) is 0 Å². The van der Waals surface area contributed by atoms with Crippen molar-refractivity contribution in [3.8, 4) is 11.8 Å². The van der Waals surface area contributed by atoms with E-state index in [1.54, 1.807) is 17.0 Å². The van der Waals surface area contributed by atoms with E-state index in [9.17, 15) is 19.2 Å². The van der Waals surface area contributed by atoms with Crippen molar-refractivity contribution in [1.82, 2.24) is 15.1 Å². The Labute approximate surface area is 188 Å². The lowest BCUT2D eigenvalue weighted by atomic mass is 10.0. The fraction of sp³-hybridized carbons (Fsp3) is 0.500. The van der Waals surface area contributed by atoms with Crippen molar-refractivity contribution in [2.45, 2.75) is 64.6 Å². The van der Waals surface area contributed by atoms with Crippen LogP contribution in [0.15, 0.2) is 18.2 Å². The van der Waals surface area contributed by atoms with Crippen LogP contribution < -0.4 is 5.32 Å². The summed E-state index contributed by atoms with van der Waals surface area (Å²) in [7, 11) is 1.46. The molecule has 8 nitrogen and oxygen atoms in total. The van der Waals surface area contributed by atoms with Crippen molar-refractivity contribution < 1.29 is 23.9 Å². The number of amides is 4. The minimum Gasteiger partial charge on any atom is -0.444 e. The molecule has 170 valence electrons. The molecule has 2 heterocycles. The number of ether oxygens (including phenoxy) is 1. The molecule has 1 unspecified atom stereocenters. The molecule has 1 N–H and O–H groups in total. The highest BCUT2D eigenvalue weighted by atomic mass is 16.6. The molecule has 4 amide bonds. The largest absolute Gasteiger partial charge is 0.444 e. The van der Waals surface area contributed by atoms with E-state index in [4.69, 9.17) is 4.74 Å². The zero-order valence-corrected chi connectivity index (χ0v) is 19.0. The summed E-state index contributed by atoms with van der Waals surface area (Å²) < 4.78 is 5.19. The number of unbranched alkanes of at least 4 members (excludes halogenated alkanes) is 1. The smallest absolute Gasteiger partial charge is 0.407 e. The van der Waals surface area contributed by atoms with Crippen LogP contribution in [0.25, 0.3) is 0 Å². The number of carbonyl (C=O) groups is 4. The quantitative estimate of drug-likeness (QED) is 0.442. The summed E-state index contributed by atoms with van der Waals surface area (Å²) in [4.78, 5) is 51.5. The van der Waals surface area contributed by atoms with Gasteiger partial charge in [0, 0.05) is 44.1 Å². The number of alkyl carbamates (subject to hydrolysis) is 1. The van der Waals surface area contributed by atoms with Crippen LogP contribution in [0.1, 0.15) is 67.9 Å². The Morgan fingerprint density at radius 2 is 2.00 bits per heavy atom. The van der Waals surface area contributed by atoms with Crippen LogP contribution in [0.3, 0.4) is 0 Å². The first-order chi connectivity index (χ1) is 15.1. The summed E-state index contributed by atoms with van der Waals surface area (Å²) in [6, 6.07) is 4.76. The van der Waals surface area contributed by atoms with Crippen LogP contribution in [-0.4, -0.2) is 58.8 Å². The lowest BCUT2D eigenvalue weighted by Gasteiger charge is -2.33. The molecule has 0 aliphatic carbocycles. The molecule has 0 radical (unpaired) electrons. The number of fused-ring (bicyclic) bond motifs is 1. The number of piperidine rings is 1. The van der Waals surface area contributed by atoms with E-state index in [2.05, 4.69) is 17.2 Å². The first kappa shape index (κ1) is 23.3. The van der Waals surface area contributed by atoms with Crippen LogP contribution >= 0.6 is 0 Å². The average molecular weight is 440 g/mol. The van der Waals surface area contributed by atoms with E-state index < -0.39 is 17.7 Å². The molecular weight excluding hydrogens is 410 g/mol. The molecule has 8 heteroatoms. The summed E-state index contributed by atoms with van der Waals surface area (Å²) in [6.07, 6.45) is 1.38. The van der Waals surface area contributed by atoms with E-state index in [1.807, 2.05) is 26.8 Å². The van der Waals surface area contributed by atoms with Crippen molar-refractivity contribution in [3.05, 3.63) is 34.9 Å². The molecule has 0 bridgehead atoms. The van der Waals surface area contributed by atoms with E-state index in [1.165, 1.54) is 7.05 Å². The number of rotatable bonds is 4. The number of benzene rings is 1. The van der Waals surface area contributed by atoms with E-state index in [-0.39, 0.29) is 24.1 Å². The molecule has 3 rings (SSSR count). The van der Waals surface area contributed by atoms with E-state index in [0.717, 1.165) is 16.0 Å². The third kappa shape index (κ3) is 5.28. The lowest BCUT2D eigenvalue weighted by Crippen LogP contribution is -2.53. The van der Waals surface area contributed by atoms with Gasteiger partial charge in [-0.3, -0.25) is 19.3 Å². The molecule has 2 aliphatic heterocycles. The topological polar surface area (TPSA) is 96.0 Å². The van der Waals surface area contributed by atoms with Gasteiger partial charge in [0.15, 0.2) is 0 Å². The van der Waals surface area contributed by atoms with Gasteiger partial charge in [0.2, 0.25) is 5.91 Å². The van der Waals surface area contributed by atoms with Crippen LogP contribution in [0.4, 0.5) is 4.79 Å². The molecule has 32 heavy (non-hydrogen) atoms. The van der Waals surface area contributed by atoms with Gasteiger partial charge in [-0.2, -0.15) is 0 Å². The minimum absolute atomic E-state index is 0.202. The zero-order chi connectivity index (χ0) is 23.5. The summed E-state index contributed by atoms with van der Waals surface area (Å²) in [5.41, 5.74) is 1.59. The number of carbonyl (C=O) groups excluding carboxylic acids is 4. The summed E-state index contributed by atoms with van der Waals surface area (Å²) in [5.74, 6) is 5.45. The number of likely N-dealkylation sites (N-methyl/N-ethyl adjacent to an activating group) is 1. The molecule has 0 saturated carbocycles. The highest BCUT2D eigenvalue weighted by molar-refractivity contribution is 6.05. The maximum absolute atomic E-state index is 12.9. The maximum Gasteiger partial charge on any atom is 0.407 e. The van der Waals surface area contributed by atoms with E-state index in [0.29, 0.717) is 37.9 Å². The number of nitrogens with zero attached hydrogens (tertiary/aromatic N) is 2. The molecule has 1 saturated heterocycles. The first-order valence-corrected chi connectivity index (χ1v) is 10.8. The third-order valence-electron chi connectivity index (χ3n) is 5.36. The van der Waals surface area contributed by atoms with Gasteiger partial charge in [-0.1, -0.05) is 17.9 Å². The van der Waals surface area contributed by atoms with Gasteiger partial charge < -0.3 is 15.0 Å². The second-order valence-corrected chi connectivity index (χ2v) is 8.94. The molecule has 1 aromatic carbocycles. The normalized spacial score (nSPS) is 18.2. The third-order valence-corrected chi connectivity index (χ3v) is 5.36.